The van der Waals surface area contributed by atoms with Gasteiger partial charge in [0.1, 0.15) is 0 Å². The molecule has 1 rings (SSSR count). The highest BCUT2D eigenvalue weighted by atomic mass is 15.2. The maximum atomic E-state index is 5.51. The van der Waals surface area contributed by atoms with Crippen molar-refractivity contribution >= 4 is 0 Å². The van der Waals surface area contributed by atoms with E-state index in [1.807, 2.05) is 7.05 Å². The molecule has 13 heavy (non-hydrogen) atoms. The topological polar surface area (TPSA) is 15.3 Å². The zero-order valence-corrected chi connectivity index (χ0v) is 8.71. The molecule has 74 valence electrons. The van der Waals surface area contributed by atoms with Gasteiger partial charge in [0, 0.05) is 12.6 Å². The Morgan fingerprint density at radius 3 is 3.00 bits per heavy atom. The number of likely N-dealkylation sites (N-methyl/N-ethyl adjacent to an activating group) is 1. The molecule has 0 aromatic carbocycles. The fourth-order valence-electron chi connectivity index (χ4n) is 2.17. The van der Waals surface area contributed by atoms with Gasteiger partial charge in [-0.3, -0.25) is 4.90 Å². The molecule has 1 aliphatic heterocycles. The summed E-state index contributed by atoms with van der Waals surface area (Å²) in [5.41, 5.74) is 0. The molecule has 0 saturated carbocycles. The van der Waals surface area contributed by atoms with Crippen molar-refractivity contribution in [3.8, 4) is 12.3 Å². The highest BCUT2D eigenvalue weighted by molar-refractivity contribution is 5.02. The molecule has 0 bridgehead atoms. The van der Waals surface area contributed by atoms with Crippen LogP contribution in [0.5, 0.6) is 0 Å². The molecule has 0 aromatic heterocycles. The van der Waals surface area contributed by atoms with Crippen LogP contribution in [-0.2, 0) is 0 Å². The third-order valence-electron chi connectivity index (χ3n) is 2.84. The number of hydrogen-bond donors (Lipinski definition) is 1. The van der Waals surface area contributed by atoms with Gasteiger partial charge < -0.3 is 5.32 Å². The largest absolute Gasteiger partial charge is 0.318 e. The zero-order chi connectivity index (χ0) is 9.68. The lowest BCUT2D eigenvalue weighted by Crippen LogP contribution is -2.42. The van der Waals surface area contributed by atoms with Gasteiger partial charge in [0.25, 0.3) is 0 Å². The number of hydrogen-bond acceptors (Lipinski definition) is 2. The first-order valence-electron chi connectivity index (χ1n) is 5.20. The van der Waals surface area contributed by atoms with E-state index in [1.54, 1.807) is 0 Å². The summed E-state index contributed by atoms with van der Waals surface area (Å²) in [5.74, 6) is 2.88. The van der Waals surface area contributed by atoms with Crippen LogP contribution in [-0.4, -0.2) is 37.1 Å². The number of terminal acetylenes is 1. The lowest BCUT2D eigenvalue weighted by Gasteiger charge is -2.28. The molecule has 0 radical (unpaired) electrons. The Bertz CT molecular complexity index is 183. The van der Waals surface area contributed by atoms with Crippen LogP contribution in [0, 0.1) is 12.3 Å². The maximum Gasteiger partial charge on any atom is 0.0712 e. The number of rotatable bonds is 4. The molecule has 0 aliphatic carbocycles. The monoisotopic (exact) mass is 180 g/mol. The van der Waals surface area contributed by atoms with Crippen LogP contribution < -0.4 is 5.32 Å². The molecule has 1 heterocycles. The van der Waals surface area contributed by atoms with E-state index in [-0.39, 0.29) is 0 Å². The van der Waals surface area contributed by atoms with Crippen molar-refractivity contribution in [3.05, 3.63) is 0 Å². The number of nitrogens with zero attached hydrogens (tertiary/aromatic N) is 1. The van der Waals surface area contributed by atoms with E-state index in [1.165, 1.54) is 19.4 Å². The summed E-state index contributed by atoms with van der Waals surface area (Å²) in [5, 5.41) is 3.23. The van der Waals surface area contributed by atoms with Gasteiger partial charge in [-0.2, -0.15) is 0 Å². The highest BCUT2D eigenvalue weighted by Crippen LogP contribution is 2.20. The third kappa shape index (κ3) is 2.46. The van der Waals surface area contributed by atoms with Crippen molar-refractivity contribution in [2.75, 3.05) is 20.1 Å². The fraction of sp³-hybridized carbons (Fsp3) is 0.818. The zero-order valence-electron chi connectivity index (χ0n) is 8.71. The van der Waals surface area contributed by atoms with Crippen molar-refractivity contribution < 1.29 is 0 Å². The van der Waals surface area contributed by atoms with Crippen molar-refractivity contribution in [2.24, 2.45) is 0 Å². The van der Waals surface area contributed by atoms with Crippen LogP contribution in [0.25, 0.3) is 0 Å². The average molecular weight is 180 g/mol. The first kappa shape index (κ1) is 10.6. The Hall–Kier alpha value is -0.520. The van der Waals surface area contributed by atoms with Crippen LogP contribution in [0.1, 0.15) is 26.2 Å². The molecule has 0 aromatic rings. The second-order valence-electron chi connectivity index (χ2n) is 3.68. The molecule has 2 unspecified atom stereocenters. The number of likely N-dealkylation sites (tertiary alicyclic amines) is 1. The van der Waals surface area contributed by atoms with E-state index in [9.17, 15) is 0 Å². The van der Waals surface area contributed by atoms with Gasteiger partial charge >= 0.3 is 0 Å². The molecular formula is C11H20N2. The van der Waals surface area contributed by atoms with Crippen LogP contribution in [0.4, 0.5) is 0 Å². The molecule has 1 saturated heterocycles. The van der Waals surface area contributed by atoms with Crippen molar-refractivity contribution in [2.45, 2.75) is 38.3 Å². The Kier molecular flexibility index (Phi) is 4.27. The maximum absolute atomic E-state index is 5.51. The van der Waals surface area contributed by atoms with Crippen LogP contribution in [0.2, 0.25) is 0 Å². The molecule has 2 nitrogen and oxygen atoms in total. The fourth-order valence-corrected chi connectivity index (χ4v) is 2.17. The quantitative estimate of drug-likeness (QED) is 0.651. The molecule has 0 amide bonds. The SMILES string of the molecule is C#CC(CC)N1CCCC1CNC. The van der Waals surface area contributed by atoms with Crippen molar-refractivity contribution in [1.82, 2.24) is 10.2 Å². The van der Waals surface area contributed by atoms with Crippen LogP contribution in [0.15, 0.2) is 0 Å². The van der Waals surface area contributed by atoms with Gasteiger partial charge in [-0.1, -0.05) is 12.8 Å². The summed E-state index contributed by atoms with van der Waals surface area (Å²) in [4.78, 5) is 2.47. The van der Waals surface area contributed by atoms with E-state index in [0.29, 0.717) is 12.1 Å². The van der Waals surface area contributed by atoms with E-state index in [2.05, 4.69) is 23.1 Å². The second-order valence-corrected chi connectivity index (χ2v) is 3.68. The molecule has 1 aliphatic rings. The van der Waals surface area contributed by atoms with E-state index in [4.69, 9.17) is 6.42 Å². The molecule has 2 heteroatoms. The van der Waals surface area contributed by atoms with Gasteiger partial charge in [0.15, 0.2) is 0 Å². The Labute approximate surface area is 81.7 Å². The summed E-state index contributed by atoms with van der Waals surface area (Å²) in [7, 11) is 2.01. The van der Waals surface area contributed by atoms with Gasteiger partial charge in [0.2, 0.25) is 0 Å². The molecule has 2 atom stereocenters. The standard InChI is InChI=1S/C11H20N2/c1-4-10(5-2)13-8-6-7-11(13)9-12-3/h1,10-12H,5-9H2,2-3H3. The summed E-state index contributed by atoms with van der Waals surface area (Å²) < 4.78 is 0. The highest BCUT2D eigenvalue weighted by Gasteiger charge is 2.27. The minimum absolute atomic E-state index is 0.348. The van der Waals surface area contributed by atoms with Gasteiger partial charge in [-0.15, -0.1) is 6.42 Å². The van der Waals surface area contributed by atoms with Crippen molar-refractivity contribution in [1.29, 1.82) is 0 Å². The van der Waals surface area contributed by atoms with E-state index < -0.39 is 0 Å². The first-order valence-corrected chi connectivity index (χ1v) is 5.20. The Morgan fingerprint density at radius 1 is 1.69 bits per heavy atom. The predicted molar refractivity (Wildman–Crippen MR) is 56.6 cm³/mol. The number of nitrogens with one attached hydrogen (secondary N) is 1. The van der Waals surface area contributed by atoms with Crippen LogP contribution >= 0.6 is 0 Å². The smallest absolute Gasteiger partial charge is 0.0712 e. The first-order chi connectivity index (χ1) is 6.33. The molecule has 1 fully saturated rings. The summed E-state index contributed by atoms with van der Waals surface area (Å²) in [6.45, 7) is 4.41. The average Bonchev–Trinajstić information content (AvgIpc) is 2.57. The minimum Gasteiger partial charge on any atom is -0.318 e. The predicted octanol–water partition coefficient (Wildman–Crippen LogP) is 1.08. The summed E-state index contributed by atoms with van der Waals surface area (Å²) in [6.07, 6.45) is 9.16. The van der Waals surface area contributed by atoms with Crippen LogP contribution in [0.3, 0.4) is 0 Å². The molecular weight excluding hydrogens is 160 g/mol. The minimum atomic E-state index is 0.348. The third-order valence-corrected chi connectivity index (χ3v) is 2.84. The lowest BCUT2D eigenvalue weighted by atomic mass is 10.1. The van der Waals surface area contributed by atoms with Gasteiger partial charge in [-0.05, 0) is 32.9 Å². The van der Waals surface area contributed by atoms with Crippen molar-refractivity contribution in [3.63, 3.8) is 0 Å². The molecule has 1 N–H and O–H groups in total. The summed E-state index contributed by atoms with van der Waals surface area (Å²) >= 11 is 0. The Balaban J connectivity index is 2.51. The van der Waals surface area contributed by atoms with E-state index >= 15 is 0 Å². The van der Waals surface area contributed by atoms with Gasteiger partial charge in [0.05, 0.1) is 6.04 Å². The summed E-state index contributed by atoms with van der Waals surface area (Å²) in [6, 6.07) is 1.01. The van der Waals surface area contributed by atoms with E-state index in [0.717, 1.165) is 13.0 Å². The lowest BCUT2D eigenvalue weighted by molar-refractivity contribution is 0.210. The molecule has 0 spiro atoms. The van der Waals surface area contributed by atoms with Gasteiger partial charge in [-0.25, -0.2) is 0 Å². The normalized spacial score (nSPS) is 25.8. The second kappa shape index (κ2) is 5.26. The Morgan fingerprint density at radius 2 is 2.46 bits per heavy atom.